The number of nitrogens with one attached hydrogen (secondary N) is 1. The maximum atomic E-state index is 13.4. The molecule has 1 atom stereocenters. The van der Waals surface area contributed by atoms with E-state index in [1.54, 1.807) is 7.11 Å². The predicted molar refractivity (Wildman–Crippen MR) is 100 cm³/mol. The zero-order valence-corrected chi connectivity index (χ0v) is 16.4. The Morgan fingerprint density at radius 2 is 1.70 bits per heavy atom. The molecular formula is C19H24F2N2O3S. The molecule has 1 unspecified atom stereocenters. The van der Waals surface area contributed by atoms with Gasteiger partial charge in [0.1, 0.15) is 17.4 Å². The molecule has 0 fully saturated rings. The molecule has 0 bridgehead atoms. The highest BCUT2D eigenvalue weighted by Gasteiger charge is 2.23. The van der Waals surface area contributed by atoms with Crippen molar-refractivity contribution in [3.05, 3.63) is 59.7 Å². The summed E-state index contributed by atoms with van der Waals surface area (Å²) >= 11 is 0. The number of halogens is 2. The van der Waals surface area contributed by atoms with Crippen LogP contribution in [0.4, 0.5) is 8.78 Å². The fourth-order valence-corrected chi connectivity index (χ4v) is 4.01. The number of methoxy groups -OCH3 is 1. The zero-order valence-electron chi connectivity index (χ0n) is 15.6. The molecule has 2 rings (SSSR count). The van der Waals surface area contributed by atoms with Crippen molar-refractivity contribution < 1.29 is 21.9 Å². The Hall–Kier alpha value is -2.03. The van der Waals surface area contributed by atoms with Crippen LogP contribution >= 0.6 is 0 Å². The summed E-state index contributed by atoms with van der Waals surface area (Å²) in [5.41, 5.74) is 0.881. The van der Waals surface area contributed by atoms with Crippen LogP contribution in [0.15, 0.2) is 47.4 Å². The van der Waals surface area contributed by atoms with Crippen LogP contribution in [0.5, 0.6) is 5.75 Å². The summed E-state index contributed by atoms with van der Waals surface area (Å²) in [5.74, 6) is -1.22. The Bertz CT molecular complexity index is 851. The largest absolute Gasteiger partial charge is 0.497 e. The van der Waals surface area contributed by atoms with E-state index in [0.717, 1.165) is 17.7 Å². The SMILES string of the molecule is CCN(CC)C(CNS(=O)(=O)c1cc(F)cc(F)c1)c1cccc(OC)c1. The van der Waals surface area contributed by atoms with E-state index in [4.69, 9.17) is 4.74 Å². The summed E-state index contributed by atoms with van der Waals surface area (Å²) in [6, 6.07) is 9.34. The smallest absolute Gasteiger partial charge is 0.240 e. The molecule has 0 spiro atoms. The number of benzene rings is 2. The molecule has 148 valence electrons. The molecule has 0 aliphatic rings. The van der Waals surface area contributed by atoms with Crippen LogP contribution in [-0.2, 0) is 10.0 Å². The van der Waals surface area contributed by atoms with Crippen LogP contribution < -0.4 is 9.46 Å². The van der Waals surface area contributed by atoms with Gasteiger partial charge in [0.2, 0.25) is 10.0 Å². The van der Waals surface area contributed by atoms with E-state index in [9.17, 15) is 17.2 Å². The Labute approximate surface area is 159 Å². The van der Waals surface area contributed by atoms with Gasteiger partial charge in [0, 0.05) is 18.7 Å². The standard InChI is InChI=1S/C19H24F2N2O3S/c1-4-23(5-2)19(14-7-6-8-17(9-14)26-3)13-22-27(24,25)18-11-15(20)10-16(21)12-18/h6-12,19,22H,4-5,13H2,1-3H3. The van der Waals surface area contributed by atoms with Crippen LogP contribution in [-0.4, -0.2) is 40.1 Å². The summed E-state index contributed by atoms with van der Waals surface area (Å²) in [6.07, 6.45) is 0. The lowest BCUT2D eigenvalue weighted by molar-refractivity contribution is 0.219. The fourth-order valence-electron chi connectivity index (χ4n) is 2.93. The fraction of sp³-hybridized carbons (Fsp3) is 0.368. The van der Waals surface area contributed by atoms with E-state index in [0.29, 0.717) is 24.9 Å². The van der Waals surface area contributed by atoms with Gasteiger partial charge in [-0.1, -0.05) is 26.0 Å². The first kappa shape index (κ1) is 21.3. The molecule has 2 aromatic rings. The molecule has 0 amide bonds. The topological polar surface area (TPSA) is 58.6 Å². The highest BCUT2D eigenvalue weighted by molar-refractivity contribution is 7.89. The molecule has 0 aliphatic carbocycles. The van der Waals surface area contributed by atoms with Crippen molar-refractivity contribution in [3.63, 3.8) is 0 Å². The van der Waals surface area contributed by atoms with Crippen LogP contribution in [0.3, 0.4) is 0 Å². The molecular weight excluding hydrogens is 374 g/mol. The highest BCUT2D eigenvalue weighted by Crippen LogP contribution is 2.24. The number of nitrogens with zero attached hydrogens (tertiary/aromatic N) is 1. The molecule has 2 aromatic carbocycles. The monoisotopic (exact) mass is 398 g/mol. The van der Waals surface area contributed by atoms with Crippen molar-refractivity contribution in [2.75, 3.05) is 26.7 Å². The van der Waals surface area contributed by atoms with Gasteiger partial charge in [-0.25, -0.2) is 21.9 Å². The highest BCUT2D eigenvalue weighted by atomic mass is 32.2. The second-order valence-electron chi connectivity index (χ2n) is 5.97. The third kappa shape index (κ3) is 5.47. The van der Waals surface area contributed by atoms with Gasteiger partial charge in [-0.15, -0.1) is 0 Å². The molecule has 5 nitrogen and oxygen atoms in total. The number of ether oxygens (including phenoxy) is 1. The average molecular weight is 398 g/mol. The van der Waals surface area contributed by atoms with Crippen LogP contribution in [0.25, 0.3) is 0 Å². The lowest BCUT2D eigenvalue weighted by Gasteiger charge is -2.30. The van der Waals surface area contributed by atoms with Crippen molar-refractivity contribution in [2.45, 2.75) is 24.8 Å². The Kier molecular flexibility index (Phi) is 7.29. The van der Waals surface area contributed by atoms with Gasteiger partial charge >= 0.3 is 0 Å². The quantitative estimate of drug-likeness (QED) is 0.704. The van der Waals surface area contributed by atoms with Crippen molar-refractivity contribution >= 4 is 10.0 Å². The first-order chi connectivity index (χ1) is 12.8. The second-order valence-corrected chi connectivity index (χ2v) is 7.74. The number of hydrogen-bond acceptors (Lipinski definition) is 4. The molecule has 0 saturated heterocycles. The van der Waals surface area contributed by atoms with E-state index >= 15 is 0 Å². The molecule has 0 saturated carbocycles. The first-order valence-electron chi connectivity index (χ1n) is 8.64. The molecule has 0 aromatic heterocycles. The summed E-state index contributed by atoms with van der Waals surface area (Å²) in [4.78, 5) is 1.65. The second kappa shape index (κ2) is 9.25. The number of likely N-dealkylation sites (N-methyl/N-ethyl adjacent to an activating group) is 1. The van der Waals surface area contributed by atoms with Crippen LogP contribution in [0.2, 0.25) is 0 Å². The average Bonchev–Trinajstić information content (AvgIpc) is 2.64. The summed E-state index contributed by atoms with van der Waals surface area (Å²) in [7, 11) is -2.50. The number of hydrogen-bond donors (Lipinski definition) is 1. The maximum absolute atomic E-state index is 13.4. The minimum atomic E-state index is -4.06. The Balaban J connectivity index is 2.29. The lowest BCUT2D eigenvalue weighted by atomic mass is 10.0. The van der Waals surface area contributed by atoms with E-state index in [2.05, 4.69) is 9.62 Å². The molecule has 8 heteroatoms. The molecule has 27 heavy (non-hydrogen) atoms. The van der Waals surface area contributed by atoms with Crippen molar-refractivity contribution in [3.8, 4) is 5.75 Å². The number of rotatable bonds is 9. The lowest BCUT2D eigenvalue weighted by Crippen LogP contribution is -2.38. The van der Waals surface area contributed by atoms with Crippen molar-refractivity contribution in [1.29, 1.82) is 0 Å². The van der Waals surface area contributed by atoms with Gasteiger partial charge < -0.3 is 4.74 Å². The minimum Gasteiger partial charge on any atom is -0.497 e. The van der Waals surface area contributed by atoms with Gasteiger partial charge in [-0.3, -0.25) is 4.90 Å². The normalized spacial score (nSPS) is 13.0. The Morgan fingerprint density at radius 3 is 2.26 bits per heavy atom. The van der Waals surface area contributed by atoms with Gasteiger partial charge in [0.15, 0.2) is 0 Å². The van der Waals surface area contributed by atoms with Gasteiger partial charge in [0.25, 0.3) is 0 Å². The predicted octanol–water partition coefficient (Wildman–Crippen LogP) is 3.33. The molecule has 1 N–H and O–H groups in total. The first-order valence-corrected chi connectivity index (χ1v) is 10.1. The van der Waals surface area contributed by atoms with Gasteiger partial charge in [-0.05, 0) is 42.9 Å². The van der Waals surface area contributed by atoms with E-state index in [1.807, 2.05) is 38.1 Å². The van der Waals surface area contributed by atoms with E-state index < -0.39 is 26.6 Å². The van der Waals surface area contributed by atoms with E-state index in [-0.39, 0.29) is 12.6 Å². The molecule has 0 aliphatic heterocycles. The van der Waals surface area contributed by atoms with Crippen LogP contribution in [0.1, 0.15) is 25.5 Å². The number of sulfonamides is 1. The van der Waals surface area contributed by atoms with Crippen LogP contribution in [0, 0.1) is 11.6 Å². The molecule has 0 heterocycles. The summed E-state index contributed by atoms with van der Waals surface area (Å²) in [5, 5.41) is 0. The summed E-state index contributed by atoms with van der Waals surface area (Å²) < 4.78 is 59.5. The molecule has 0 radical (unpaired) electrons. The summed E-state index contributed by atoms with van der Waals surface area (Å²) in [6.45, 7) is 5.42. The third-order valence-corrected chi connectivity index (χ3v) is 5.75. The third-order valence-electron chi connectivity index (χ3n) is 4.34. The van der Waals surface area contributed by atoms with Crippen molar-refractivity contribution in [2.24, 2.45) is 0 Å². The van der Waals surface area contributed by atoms with Gasteiger partial charge in [-0.2, -0.15) is 0 Å². The zero-order chi connectivity index (χ0) is 20.0. The van der Waals surface area contributed by atoms with Crippen molar-refractivity contribution in [1.82, 2.24) is 9.62 Å². The minimum absolute atomic E-state index is 0.0509. The maximum Gasteiger partial charge on any atom is 0.240 e. The van der Waals surface area contributed by atoms with Gasteiger partial charge in [0.05, 0.1) is 12.0 Å². The van der Waals surface area contributed by atoms with E-state index in [1.165, 1.54) is 0 Å². The Morgan fingerprint density at radius 1 is 1.07 bits per heavy atom.